The van der Waals surface area contributed by atoms with Crippen molar-refractivity contribution in [2.24, 2.45) is 4.99 Å². The van der Waals surface area contributed by atoms with Crippen LogP contribution in [-0.4, -0.2) is 33.8 Å². The van der Waals surface area contributed by atoms with Gasteiger partial charge >= 0.3 is 6.08 Å². The number of benzene rings is 3. The van der Waals surface area contributed by atoms with Crippen molar-refractivity contribution < 1.29 is 9.47 Å². The smallest absolute Gasteiger partial charge is 0.390 e. The molecule has 0 bridgehead atoms. The van der Waals surface area contributed by atoms with E-state index in [2.05, 4.69) is 88.9 Å². The lowest BCUT2D eigenvalue weighted by Crippen LogP contribution is -2.38. The molecule has 5 heteroatoms. The molecule has 5 nitrogen and oxygen atoms in total. The average Bonchev–Trinajstić information content (AvgIpc) is 2.79. The zero-order valence-corrected chi connectivity index (χ0v) is 19.5. The SMILES string of the molecule is CCOC1=Nc2cc(C)ccc2C(c2ccc(CNC)cc2)(c2ccc(N(C)C)cc2)O1. The number of aliphatic imine (C=N–C) groups is 1. The topological polar surface area (TPSA) is 46.1 Å². The van der Waals surface area contributed by atoms with Gasteiger partial charge in [-0.25, -0.2) is 0 Å². The summed E-state index contributed by atoms with van der Waals surface area (Å²) in [7, 11) is 6.04. The Labute approximate surface area is 190 Å². The molecule has 3 aromatic rings. The van der Waals surface area contributed by atoms with Crippen LogP contribution in [0, 0.1) is 6.92 Å². The van der Waals surface area contributed by atoms with E-state index in [0.29, 0.717) is 12.7 Å². The van der Waals surface area contributed by atoms with Gasteiger partial charge in [-0.15, -0.1) is 0 Å². The molecule has 4 rings (SSSR count). The predicted octanol–water partition coefficient (Wildman–Crippen LogP) is 5.13. The molecule has 1 heterocycles. The summed E-state index contributed by atoms with van der Waals surface area (Å²) >= 11 is 0. The fourth-order valence-corrected chi connectivity index (χ4v) is 4.18. The lowest BCUT2D eigenvalue weighted by molar-refractivity contribution is 0.0725. The van der Waals surface area contributed by atoms with Crippen LogP contribution in [-0.2, 0) is 21.6 Å². The maximum Gasteiger partial charge on any atom is 0.390 e. The molecule has 1 aliphatic rings. The van der Waals surface area contributed by atoms with Gasteiger partial charge in [-0.1, -0.05) is 48.5 Å². The summed E-state index contributed by atoms with van der Waals surface area (Å²) in [6, 6.07) is 23.4. The van der Waals surface area contributed by atoms with E-state index in [-0.39, 0.29) is 0 Å². The number of nitrogens with one attached hydrogen (secondary N) is 1. The summed E-state index contributed by atoms with van der Waals surface area (Å²) in [6.45, 7) is 5.31. The first-order chi connectivity index (χ1) is 15.5. The van der Waals surface area contributed by atoms with Gasteiger partial charge < -0.3 is 19.7 Å². The molecule has 0 aliphatic carbocycles. The summed E-state index contributed by atoms with van der Waals surface area (Å²) in [6.07, 6.45) is 0.293. The predicted molar refractivity (Wildman–Crippen MR) is 131 cm³/mol. The fourth-order valence-electron chi connectivity index (χ4n) is 4.18. The summed E-state index contributed by atoms with van der Waals surface area (Å²) in [5.41, 5.74) is 6.57. The van der Waals surface area contributed by atoms with Gasteiger partial charge in [0.1, 0.15) is 0 Å². The Morgan fingerprint density at radius 2 is 1.62 bits per heavy atom. The monoisotopic (exact) mass is 429 g/mol. The van der Waals surface area contributed by atoms with Gasteiger partial charge in [0.05, 0.1) is 12.3 Å². The second-order valence-electron chi connectivity index (χ2n) is 8.28. The van der Waals surface area contributed by atoms with Crippen molar-refractivity contribution in [2.45, 2.75) is 26.0 Å². The molecular formula is C27H31N3O2. The van der Waals surface area contributed by atoms with Crippen molar-refractivity contribution in [2.75, 3.05) is 32.6 Å². The van der Waals surface area contributed by atoms with Gasteiger partial charge in [0.2, 0.25) is 0 Å². The number of aryl methyl sites for hydroxylation is 1. The third-order valence-electron chi connectivity index (χ3n) is 5.78. The van der Waals surface area contributed by atoms with Gasteiger partial charge in [-0.2, -0.15) is 4.99 Å². The zero-order chi connectivity index (χ0) is 22.7. The van der Waals surface area contributed by atoms with Crippen LogP contribution in [0.2, 0.25) is 0 Å². The Morgan fingerprint density at radius 1 is 0.969 bits per heavy atom. The fraction of sp³-hybridized carbons (Fsp3) is 0.296. The highest BCUT2D eigenvalue weighted by atomic mass is 16.7. The van der Waals surface area contributed by atoms with Crippen molar-refractivity contribution in [3.8, 4) is 0 Å². The number of hydrogen-bond acceptors (Lipinski definition) is 5. The number of hydrogen-bond donors (Lipinski definition) is 1. The minimum atomic E-state index is -0.863. The van der Waals surface area contributed by atoms with Gasteiger partial charge in [0, 0.05) is 43.0 Å². The molecular weight excluding hydrogens is 398 g/mol. The maximum absolute atomic E-state index is 6.65. The number of nitrogens with zero attached hydrogens (tertiary/aromatic N) is 2. The lowest BCUT2D eigenvalue weighted by atomic mass is 9.78. The van der Waals surface area contributed by atoms with E-state index in [1.54, 1.807) is 0 Å². The molecule has 0 fully saturated rings. The first-order valence-electron chi connectivity index (χ1n) is 11.0. The maximum atomic E-state index is 6.65. The second kappa shape index (κ2) is 9.05. The third-order valence-corrected chi connectivity index (χ3v) is 5.78. The minimum Gasteiger partial charge on any atom is -0.451 e. The van der Waals surface area contributed by atoms with Crippen molar-refractivity contribution in [3.63, 3.8) is 0 Å². The molecule has 0 amide bonds. The van der Waals surface area contributed by atoms with Gasteiger partial charge in [0.15, 0.2) is 5.60 Å². The normalized spacial score (nSPS) is 17.2. The van der Waals surface area contributed by atoms with Crippen LogP contribution in [0.15, 0.2) is 71.7 Å². The molecule has 0 saturated carbocycles. The average molecular weight is 430 g/mol. The van der Waals surface area contributed by atoms with E-state index >= 15 is 0 Å². The van der Waals surface area contributed by atoms with Gasteiger partial charge in [0.25, 0.3) is 0 Å². The highest BCUT2D eigenvalue weighted by Gasteiger charge is 2.44. The molecule has 0 aromatic heterocycles. The number of anilines is 1. The van der Waals surface area contributed by atoms with Crippen LogP contribution < -0.4 is 10.2 Å². The van der Waals surface area contributed by atoms with Crippen LogP contribution in [0.1, 0.15) is 34.7 Å². The second-order valence-corrected chi connectivity index (χ2v) is 8.28. The van der Waals surface area contributed by atoms with Crippen molar-refractivity contribution in [3.05, 3.63) is 94.5 Å². The molecule has 1 atom stereocenters. The van der Waals surface area contributed by atoms with Gasteiger partial charge in [-0.05, 0) is 50.2 Å². The summed E-state index contributed by atoms with van der Waals surface area (Å²) in [5, 5.41) is 3.21. The molecule has 32 heavy (non-hydrogen) atoms. The molecule has 3 aromatic carbocycles. The molecule has 0 spiro atoms. The minimum absolute atomic E-state index is 0.293. The lowest BCUT2D eigenvalue weighted by Gasteiger charge is -2.39. The van der Waals surface area contributed by atoms with E-state index in [1.807, 2.05) is 28.1 Å². The molecule has 1 unspecified atom stereocenters. The highest BCUT2D eigenvalue weighted by molar-refractivity contribution is 5.79. The van der Waals surface area contributed by atoms with Crippen LogP contribution in [0.25, 0.3) is 0 Å². The Morgan fingerprint density at radius 3 is 2.22 bits per heavy atom. The standard InChI is InChI=1S/C27H31N3O2/c1-6-31-26-29-25-17-19(2)7-16-24(25)27(32-26,21-10-8-20(9-11-21)18-28-3)22-12-14-23(15-13-22)30(4)5/h7-17,28H,6,18H2,1-5H3. The molecule has 1 aliphatic heterocycles. The van der Waals surface area contributed by atoms with E-state index in [0.717, 1.165) is 40.2 Å². The van der Waals surface area contributed by atoms with Crippen LogP contribution in [0.5, 0.6) is 0 Å². The van der Waals surface area contributed by atoms with E-state index in [4.69, 9.17) is 9.47 Å². The highest BCUT2D eigenvalue weighted by Crippen LogP contribution is 2.47. The number of ether oxygens (including phenoxy) is 2. The first-order valence-corrected chi connectivity index (χ1v) is 11.0. The molecule has 0 radical (unpaired) electrons. The summed E-state index contributed by atoms with van der Waals surface area (Å²) < 4.78 is 12.5. The Kier molecular flexibility index (Phi) is 6.19. The summed E-state index contributed by atoms with van der Waals surface area (Å²) in [5.74, 6) is 0. The third kappa shape index (κ3) is 3.96. The molecule has 1 N–H and O–H groups in total. The number of fused-ring (bicyclic) bond motifs is 1. The van der Waals surface area contributed by atoms with Crippen LogP contribution in [0.4, 0.5) is 11.4 Å². The van der Waals surface area contributed by atoms with Crippen LogP contribution >= 0.6 is 0 Å². The summed E-state index contributed by atoms with van der Waals surface area (Å²) in [4.78, 5) is 6.78. The Balaban J connectivity index is 1.96. The van der Waals surface area contributed by atoms with Crippen LogP contribution in [0.3, 0.4) is 0 Å². The van der Waals surface area contributed by atoms with Crippen molar-refractivity contribution in [1.29, 1.82) is 0 Å². The first kappa shape index (κ1) is 21.9. The molecule has 0 saturated heterocycles. The van der Waals surface area contributed by atoms with Crippen molar-refractivity contribution >= 4 is 17.5 Å². The quantitative estimate of drug-likeness (QED) is 0.590. The van der Waals surface area contributed by atoms with E-state index in [9.17, 15) is 0 Å². The Hall–Kier alpha value is -3.31. The van der Waals surface area contributed by atoms with Gasteiger partial charge in [-0.3, -0.25) is 0 Å². The van der Waals surface area contributed by atoms with E-state index < -0.39 is 5.60 Å². The zero-order valence-electron chi connectivity index (χ0n) is 19.5. The largest absolute Gasteiger partial charge is 0.451 e. The number of rotatable bonds is 6. The Bertz CT molecular complexity index is 1100. The molecule has 166 valence electrons. The van der Waals surface area contributed by atoms with Crippen molar-refractivity contribution in [1.82, 2.24) is 5.32 Å². The van der Waals surface area contributed by atoms with E-state index in [1.165, 1.54) is 5.56 Å².